The summed E-state index contributed by atoms with van der Waals surface area (Å²) in [7, 11) is 0. The third-order valence-electron chi connectivity index (χ3n) is 7.58. The fourth-order valence-corrected chi connectivity index (χ4v) is 4.83. The van der Waals surface area contributed by atoms with Crippen molar-refractivity contribution in [1.82, 2.24) is 0 Å². The topological polar surface area (TPSA) is 55.8 Å². The molecule has 0 aromatic rings. The molecule has 0 aromatic carbocycles. The largest absolute Gasteiger partial charge is 0.457 e. The van der Waals surface area contributed by atoms with Crippen molar-refractivity contribution in [2.45, 2.75) is 168 Å². The van der Waals surface area contributed by atoms with E-state index >= 15 is 0 Å². The summed E-state index contributed by atoms with van der Waals surface area (Å²) >= 11 is 0. The second kappa shape index (κ2) is 37.3. The molecule has 0 radical (unpaired) electrons. The van der Waals surface area contributed by atoms with Crippen LogP contribution < -0.4 is 0 Å². The third kappa shape index (κ3) is 34.6. The van der Waals surface area contributed by atoms with Crippen molar-refractivity contribution in [2.75, 3.05) is 19.8 Å². The standard InChI is InChI=1S/C40H70O4/c1-3-5-7-9-11-13-15-17-19-20-21-22-24-26-28-30-32-34-36-43-38-39(37-41)44-40(42)35-33-31-29-27-25-23-18-16-14-12-10-8-6-4-2/h5,7,10-13,16-19,39,41H,3-4,6,8-9,14-15,20-38H2,1-2H3/b7-5-,12-10-,13-11-,18-16-,19-17-. The van der Waals surface area contributed by atoms with E-state index in [0.717, 1.165) is 57.8 Å². The molecule has 4 heteroatoms. The number of allylic oxidation sites excluding steroid dienone is 10. The van der Waals surface area contributed by atoms with Gasteiger partial charge >= 0.3 is 5.97 Å². The van der Waals surface area contributed by atoms with E-state index in [2.05, 4.69) is 74.6 Å². The Morgan fingerprint density at radius 3 is 1.55 bits per heavy atom. The van der Waals surface area contributed by atoms with Gasteiger partial charge in [0, 0.05) is 13.0 Å². The number of carbonyl (C=O) groups excluding carboxylic acids is 1. The average molecular weight is 615 g/mol. The fraction of sp³-hybridized carbons (Fsp3) is 0.725. The highest BCUT2D eigenvalue weighted by atomic mass is 16.6. The summed E-state index contributed by atoms with van der Waals surface area (Å²) in [5.74, 6) is -0.221. The summed E-state index contributed by atoms with van der Waals surface area (Å²) < 4.78 is 11.1. The molecule has 0 aliphatic carbocycles. The van der Waals surface area contributed by atoms with Crippen LogP contribution in [0.4, 0.5) is 0 Å². The van der Waals surface area contributed by atoms with Gasteiger partial charge in [0.15, 0.2) is 0 Å². The molecular formula is C40H70O4. The molecule has 0 amide bonds. The van der Waals surface area contributed by atoms with Crippen molar-refractivity contribution < 1.29 is 19.4 Å². The van der Waals surface area contributed by atoms with Gasteiger partial charge in [0.2, 0.25) is 0 Å². The normalized spacial score (nSPS) is 13.1. The lowest BCUT2D eigenvalue weighted by atomic mass is 10.1. The van der Waals surface area contributed by atoms with Crippen molar-refractivity contribution in [2.24, 2.45) is 0 Å². The molecule has 4 nitrogen and oxygen atoms in total. The first-order valence-corrected chi connectivity index (χ1v) is 18.4. The lowest BCUT2D eigenvalue weighted by Crippen LogP contribution is -2.27. The summed E-state index contributed by atoms with van der Waals surface area (Å²) in [4.78, 5) is 12.1. The number of hydrogen-bond donors (Lipinski definition) is 1. The van der Waals surface area contributed by atoms with E-state index in [1.54, 1.807) is 0 Å². The molecule has 0 rings (SSSR count). The zero-order valence-corrected chi connectivity index (χ0v) is 28.9. The zero-order chi connectivity index (χ0) is 32.0. The molecule has 0 heterocycles. The molecule has 0 aliphatic heterocycles. The third-order valence-corrected chi connectivity index (χ3v) is 7.58. The van der Waals surface area contributed by atoms with Crippen LogP contribution in [0.1, 0.15) is 162 Å². The Balaban J connectivity index is 3.49. The van der Waals surface area contributed by atoms with Gasteiger partial charge in [0.1, 0.15) is 6.10 Å². The van der Waals surface area contributed by atoms with Crippen molar-refractivity contribution >= 4 is 5.97 Å². The lowest BCUT2D eigenvalue weighted by molar-refractivity contribution is -0.154. The number of aliphatic hydroxyl groups is 1. The SMILES string of the molecule is CC/C=C\C/C=C\C/C=C\CCCCCCCCCCOCC(CO)OC(=O)CCCCCCC/C=C\C/C=C\CCCC. The van der Waals surface area contributed by atoms with Gasteiger partial charge < -0.3 is 14.6 Å². The zero-order valence-electron chi connectivity index (χ0n) is 28.9. The number of esters is 1. The molecule has 0 aliphatic rings. The van der Waals surface area contributed by atoms with Gasteiger partial charge in [-0.3, -0.25) is 4.79 Å². The molecule has 1 N–H and O–H groups in total. The Bertz CT molecular complexity index is 734. The van der Waals surface area contributed by atoms with Crippen LogP contribution in [0.25, 0.3) is 0 Å². The molecule has 0 aromatic heterocycles. The average Bonchev–Trinajstić information content (AvgIpc) is 3.03. The Hall–Kier alpha value is -1.91. The van der Waals surface area contributed by atoms with Crippen molar-refractivity contribution in [3.05, 3.63) is 60.8 Å². The summed E-state index contributed by atoms with van der Waals surface area (Å²) in [5.41, 5.74) is 0. The molecule has 1 unspecified atom stereocenters. The summed E-state index contributed by atoms with van der Waals surface area (Å²) in [6.07, 6.45) is 48.3. The molecule has 0 spiro atoms. The number of carbonyl (C=O) groups is 1. The van der Waals surface area contributed by atoms with E-state index in [-0.39, 0.29) is 19.2 Å². The molecular weight excluding hydrogens is 544 g/mol. The Labute approximate surface area is 273 Å². The maximum atomic E-state index is 12.1. The Morgan fingerprint density at radius 1 is 0.568 bits per heavy atom. The molecule has 0 saturated carbocycles. The minimum absolute atomic E-state index is 0.183. The first-order chi connectivity index (χ1) is 21.7. The second-order valence-electron chi connectivity index (χ2n) is 11.9. The maximum Gasteiger partial charge on any atom is 0.306 e. The van der Waals surface area contributed by atoms with Crippen LogP contribution in [-0.4, -0.2) is 37.0 Å². The minimum Gasteiger partial charge on any atom is -0.457 e. The predicted molar refractivity (Wildman–Crippen MR) is 191 cm³/mol. The van der Waals surface area contributed by atoms with Crippen molar-refractivity contribution in [3.63, 3.8) is 0 Å². The molecule has 44 heavy (non-hydrogen) atoms. The van der Waals surface area contributed by atoms with Gasteiger partial charge in [-0.25, -0.2) is 0 Å². The Kier molecular flexibility index (Phi) is 35.7. The maximum absolute atomic E-state index is 12.1. The number of ether oxygens (including phenoxy) is 2. The Morgan fingerprint density at radius 2 is 1.02 bits per heavy atom. The minimum atomic E-state index is -0.546. The van der Waals surface area contributed by atoms with Gasteiger partial charge in [0.25, 0.3) is 0 Å². The number of aliphatic hydroxyl groups excluding tert-OH is 1. The first kappa shape index (κ1) is 42.1. The molecule has 0 fully saturated rings. The van der Waals surface area contributed by atoms with E-state index in [1.807, 2.05) is 0 Å². The van der Waals surface area contributed by atoms with Crippen LogP contribution in [0.3, 0.4) is 0 Å². The monoisotopic (exact) mass is 615 g/mol. The van der Waals surface area contributed by atoms with Crippen molar-refractivity contribution in [1.29, 1.82) is 0 Å². The van der Waals surface area contributed by atoms with E-state index in [1.165, 1.54) is 83.5 Å². The summed E-state index contributed by atoms with van der Waals surface area (Å²) in [6, 6.07) is 0. The molecule has 0 bridgehead atoms. The van der Waals surface area contributed by atoms with Crippen LogP contribution in [0.2, 0.25) is 0 Å². The van der Waals surface area contributed by atoms with Crippen LogP contribution in [-0.2, 0) is 14.3 Å². The highest BCUT2D eigenvalue weighted by Crippen LogP contribution is 2.12. The number of hydrogen-bond acceptors (Lipinski definition) is 4. The van der Waals surface area contributed by atoms with Crippen molar-refractivity contribution in [3.8, 4) is 0 Å². The van der Waals surface area contributed by atoms with E-state index in [9.17, 15) is 9.90 Å². The highest BCUT2D eigenvalue weighted by molar-refractivity contribution is 5.69. The van der Waals surface area contributed by atoms with Crippen LogP contribution >= 0.6 is 0 Å². The number of rotatable bonds is 33. The second-order valence-corrected chi connectivity index (χ2v) is 11.9. The van der Waals surface area contributed by atoms with Gasteiger partial charge in [-0.2, -0.15) is 0 Å². The van der Waals surface area contributed by atoms with E-state index < -0.39 is 6.10 Å². The van der Waals surface area contributed by atoms with Crippen LogP contribution in [0, 0.1) is 0 Å². The van der Waals surface area contributed by atoms with Gasteiger partial charge in [-0.1, -0.05) is 145 Å². The van der Waals surface area contributed by atoms with Gasteiger partial charge in [-0.15, -0.1) is 0 Å². The quantitative estimate of drug-likeness (QED) is 0.0454. The molecule has 0 saturated heterocycles. The molecule has 254 valence electrons. The summed E-state index contributed by atoms with van der Waals surface area (Å²) in [6.45, 7) is 5.15. The molecule has 1 atom stereocenters. The first-order valence-electron chi connectivity index (χ1n) is 18.4. The lowest BCUT2D eigenvalue weighted by Gasteiger charge is -2.15. The summed E-state index contributed by atoms with van der Waals surface area (Å²) in [5, 5.41) is 9.55. The smallest absolute Gasteiger partial charge is 0.306 e. The highest BCUT2D eigenvalue weighted by Gasteiger charge is 2.13. The van der Waals surface area contributed by atoms with Gasteiger partial charge in [-0.05, 0) is 70.6 Å². The van der Waals surface area contributed by atoms with Crippen LogP contribution in [0.5, 0.6) is 0 Å². The number of unbranched alkanes of at least 4 members (excludes halogenated alkanes) is 15. The van der Waals surface area contributed by atoms with Gasteiger partial charge in [0.05, 0.1) is 13.2 Å². The fourth-order valence-electron chi connectivity index (χ4n) is 4.83. The van der Waals surface area contributed by atoms with Crippen LogP contribution in [0.15, 0.2) is 60.8 Å². The van der Waals surface area contributed by atoms with E-state index in [4.69, 9.17) is 9.47 Å². The predicted octanol–water partition coefficient (Wildman–Crippen LogP) is 11.7. The van der Waals surface area contributed by atoms with E-state index in [0.29, 0.717) is 13.0 Å².